The van der Waals surface area contributed by atoms with Gasteiger partial charge in [-0.3, -0.25) is 14.5 Å². The summed E-state index contributed by atoms with van der Waals surface area (Å²) in [6.45, 7) is 4.60. The van der Waals surface area contributed by atoms with Gasteiger partial charge in [-0.15, -0.1) is 0 Å². The van der Waals surface area contributed by atoms with Crippen molar-refractivity contribution in [2.75, 3.05) is 19.7 Å². The second-order valence-electron chi connectivity index (χ2n) is 7.22. The Bertz CT molecular complexity index is 820. The summed E-state index contributed by atoms with van der Waals surface area (Å²) in [6, 6.07) is 15.8. The first-order chi connectivity index (χ1) is 13.5. The van der Waals surface area contributed by atoms with E-state index < -0.39 is 0 Å². The van der Waals surface area contributed by atoms with Crippen LogP contribution in [0.4, 0.5) is 0 Å². The lowest BCUT2D eigenvalue weighted by molar-refractivity contribution is -0.123. The van der Waals surface area contributed by atoms with Gasteiger partial charge in [0, 0.05) is 25.7 Å². The van der Waals surface area contributed by atoms with Crippen LogP contribution in [0, 0.1) is 0 Å². The van der Waals surface area contributed by atoms with Gasteiger partial charge in [0.2, 0.25) is 5.91 Å². The van der Waals surface area contributed by atoms with E-state index in [2.05, 4.69) is 41.4 Å². The number of nitrogens with one attached hydrogen (secondary N) is 1. The maximum atomic E-state index is 12.1. The van der Waals surface area contributed by atoms with Gasteiger partial charge in [-0.2, -0.15) is 0 Å². The molecule has 2 aromatic carbocycles. The Morgan fingerprint density at radius 3 is 2.57 bits per heavy atom. The van der Waals surface area contributed by atoms with E-state index in [9.17, 15) is 9.59 Å². The fraction of sp³-hybridized carbons (Fsp3) is 0.364. The molecule has 0 spiro atoms. The molecule has 0 saturated heterocycles. The van der Waals surface area contributed by atoms with Gasteiger partial charge in [0.15, 0.2) is 6.61 Å². The standard InChI is InChI=1S/C22H27N3O3/c1-16(25-11-10-18-4-2-3-5-19(18)14-25)13-24-22(27)15-28-20-8-6-17(7-9-20)12-21(23)26/h2-9,16H,10-15H2,1H3,(H2,23,26)(H,24,27). The van der Waals surface area contributed by atoms with Crippen molar-refractivity contribution >= 4 is 11.8 Å². The highest BCUT2D eigenvalue weighted by atomic mass is 16.5. The van der Waals surface area contributed by atoms with E-state index in [-0.39, 0.29) is 30.9 Å². The molecule has 1 unspecified atom stereocenters. The number of nitrogens with two attached hydrogens (primary N) is 1. The molecule has 0 radical (unpaired) electrons. The van der Waals surface area contributed by atoms with Crippen LogP contribution in [0.5, 0.6) is 5.75 Å². The molecule has 0 bridgehead atoms. The quantitative estimate of drug-likeness (QED) is 0.728. The average Bonchev–Trinajstić information content (AvgIpc) is 2.70. The first-order valence-electron chi connectivity index (χ1n) is 9.59. The van der Waals surface area contributed by atoms with Crippen LogP contribution in [-0.4, -0.2) is 42.5 Å². The zero-order chi connectivity index (χ0) is 19.9. The van der Waals surface area contributed by atoms with Gasteiger partial charge < -0.3 is 15.8 Å². The Labute approximate surface area is 165 Å². The average molecular weight is 381 g/mol. The third-order valence-electron chi connectivity index (χ3n) is 5.05. The van der Waals surface area contributed by atoms with E-state index in [4.69, 9.17) is 10.5 Å². The summed E-state index contributed by atoms with van der Waals surface area (Å²) < 4.78 is 5.51. The largest absolute Gasteiger partial charge is 0.484 e. The molecule has 2 amide bonds. The third-order valence-corrected chi connectivity index (χ3v) is 5.05. The molecule has 0 saturated carbocycles. The van der Waals surface area contributed by atoms with Crippen LogP contribution in [0.3, 0.4) is 0 Å². The number of carbonyl (C=O) groups is 2. The van der Waals surface area contributed by atoms with Crippen molar-refractivity contribution in [2.24, 2.45) is 5.73 Å². The summed E-state index contributed by atoms with van der Waals surface area (Å²) in [7, 11) is 0. The van der Waals surface area contributed by atoms with Gasteiger partial charge in [0.25, 0.3) is 5.91 Å². The highest BCUT2D eigenvalue weighted by Crippen LogP contribution is 2.20. The topological polar surface area (TPSA) is 84.7 Å². The molecular formula is C22H27N3O3. The normalized spacial score (nSPS) is 14.8. The lowest BCUT2D eigenvalue weighted by Gasteiger charge is -2.33. The number of nitrogens with zero attached hydrogens (tertiary/aromatic N) is 1. The Hall–Kier alpha value is -2.86. The van der Waals surface area contributed by atoms with Crippen molar-refractivity contribution in [3.05, 3.63) is 65.2 Å². The second-order valence-corrected chi connectivity index (χ2v) is 7.22. The smallest absolute Gasteiger partial charge is 0.257 e. The van der Waals surface area contributed by atoms with Crippen molar-refractivity contribution in [1.29, 1.82) is 0 Å². The maximum Gasteiger partial charge on any atom is 0.257 e. The predicted molar refractivity (Wildman–Crippen MR) is 108 cm³/mol. The zero-order valence-corrected chi connectivity index (χ0v) is 16.2. The molecule has 0 aliphatic carbocycles. The van der Waals surface area contributed by atoms with E-state index in [1.165, 1.54) is 11.1 Å². The van der Waals surface area contributed by atoms with Crippen LogP contribution in [-0.2, 0) is 29.0 Å². The fourth-order valence-electron chi connectivity index (χ4n) is 3.39. The van der Waals surface area contributed by atoms with Crippen molar-refractivity contribution in [3.63, 3.8) is 0 Å². The molecule has 6 heteroatoms. The van der Waals surface area contributed by atoms with Crippen LogP contribution in [0.25, 0.3) is 0 Å². The summed E-state index contributed by atoms with van der Waals surface area (Å²) in [5.74, 6) is 0.0638. The molecule has 1 aliphatic rings. The fourth-order valence-corrected chi connectivity index (χ4v) is 3.39. The van der Waals surface area contributed by atoms with Crippen molar-refractivity contribution in [1.82, 2.24) is 10.2 Å². The van der Waals surface area contributed by atoms with Gasteiger partial charge in [0.05, 0.1) is 6.42 Å². The Morgan fingerprint density at radius 1 is 1.14 bits per heavy atom. The highest BCUT2D eigenvalue weighted by Gasteiger charge is 2.20. The van der Waals surface area contributed by atoms with E-state index in [1.807, 2.05) is 0 Å². The van der Waals surface area contributed by atoms with Gasteiger partial charge in [-0.1, -0.05) is 36.4 Å². The second kappa shape index (κ2) is 9.37. The summed E-state index contributed by atoms with van der Waals surface area (Å²) >= 11 is 0. The number of hydrogen-bond donors (Lipinski definition) is 2. The third kappa shape index (κ3) is 5.57. The van der Waals surface area contributed by atoms with Gasteiger partial charge in [-0.05, 0) is 42.2 Å². The number of ether oxygens (including phenoxy) is 1. The van der Waals surface area contributed by atoms with E-state index in [0.29, 0.717) is 12.3 Å². The molecule has 148 valence electrons. The Morgan fingerprint density at radius 2 is 1.86 bits per heavy atom. The summed E-state index contributed by atoms with van der Waals surface area (Å²) in [5, 5.41) is 2.94. The zero-order valence-electron chi connectivity index (χ0n) is 16.2. The number of amides is 2. The summed E-state index contributed by atoms with van der Waals surface area (Å²) in [4.78, 5) is 25.4. The lowest BCUT2D eigenvalue weighted by Crippen LogP contribution is -2.45. The summed E-state index contributed by atoms with van der Waals surface area (Å²) in [5.41, 5.74) is 8.78. The van der Waals surface area contributed by atoms with Crippen molar-refractivity contribution in [2.45, 2.75) is 32.4 Å². The minimum absolute atomic E-state index is 0.0370. The molecule has 2 aromatic rings. The number of fused-ring (bicyclic) bond motifs is 1. The van der Waals surface area contributed by atoms with Crippen molar-refractivity contribution in [3.8, 4) is 5.75 Å². The van der Waals surface area contributed by atoms with Crippen LogP contribution < -0.4 is 15.8 Å². The van der Waals surface area contributed by atoms with Crippen LogP contribution in [0.1, 0.15) is 23.6 Å². The number of primary amides is 1. The van der Waals surface area contributed by atoms with Crippen molar-refractivity contribution < 1.29 is 14.3 Å². The number of benzene rings is 2. The molecule has 1 aliphatic heterocycles. The van der Waals surface area contributed by atoms with Crippen LogP contribution >= 0.6 is 0 Å². The van der Waals surface area contributed by atoms with E-state index in [0.717, 1.165) is 25.1 Å². The molecular weight excluding hydrogens is 354 g/mol. The van der Waals surface area contributed by atoms with Gasteiger partial charge in [0.1, 0.15) is 5.75 Å². The maximum absolute atomic E-state index is 12.1. The predicted octanol–water partition coefficient (Wildman–Crippen LogP) is 1.66. The van der Waals surface area contributed by atoms with Crippen LogP contribution in [0.2, 0.25) is 0 Å². The first-order valence-corrected chi connectivity index (χ1v) is 9.59. The SMILES string of the molecule is CC(CNC(=O)COc1ccc(CC(N)=O)cc1)N1CCc2ccccc2C1. The lowest BCUT2D eigenvalue weighted by atomic mass is 9.99. The number of hydrogen-bond acceptors (Lipinski definition) is 4. The Kier molecular flexibility index (Phi) is 6.66. The monoisotopic (exact) mass is 381 g/mol. The molecule has 0 aromatic heterocycles. The van der Waals surface area contributed by atoms with Crippen LogP contribution in [0.15, 0.2) is 48.5 Å². The summed E-state index contributed by atoms with van der Waals surface area (Å²) in [6.07, 6.45) is 1.24. The van der Waals surface area contributed by atoms with Gasteiger partial charge >= 0.3 is 0 Å². The molecule has 6 nitrogen and oxygen atoms in total. The molecule has 3 N–H and O–H groups in total. The molecule has 28 heavy (non-hydrogen) atoms. The van der Waals surface area contributed by atoms with Gasteiger partial charge in [-0.25, -0.2) is 0 Å². The molecule has 1 heterocycles. The first kappa shape index (κ1) is 19.9. The molecule has 3 rings (SSSR count). The van der Waals surface area contributed by atoms with E-state index >= 15 is 0 Å². The number of rotatable bonds is 8. The molecule has 0 fully saturated rings. The van der Waals surface area contributed by atoms with E-state index in [1.54, 1.807) is 24.3 Å². The molecule has 1 atom stereocenters. The minimum atomic E-state index is -0.376. The Balaban J connectivity index is 1.40. The highest BCUT2D eigenvalue weighted by molar-refractivity contribution is 5.77. The minimum Gasteiger partial charge on any atom is -0.484 e. The number of carbonyl (C=O) groups excluding carboxylic acids is 2.